The first-order valence-corrected chi connectivity index (χ1v) is 9.04. The van der Waals surface area contributed by atoms with Gasteiger partial charge in [0.1, 0.15) is 0 Å². The zero-order valence-electron chi connectivity index (χ0n) is 14.7. The number of rotatable bonds is 3. The van der Waals surface area contributed by atoms with Gasteiger partial charge in [0.25, 0.3) is 0 Å². The van der Waals surface area contributed by atoms with Crippen LogP contribution in [0.2, 0.25) is 0 Å². The van der Waals surface area contributed by atoms with Crippen LogP contribution < -0.4 is 5.69 Å². The van der Waals surface area contributed by atoms with E-state index in [-0.39, 0.29) is 5.69 Å². The fourth-order valence-corrected chi connectivity index (χ4v) is 3.65. The standard InChI is InChI=1S/C24H18N2O/c27-24-25-22-15-21(18-6-2-1-3-7-18)12-13-23(22)26(24)16-17-10-11-19-8-4-5-9-20(19)14-17/h1-15H,16H2,(H,25,27). The molecule has 0 aliphatic rings. The van der Waals surface area contributed by atoms with Gasteiger partial charge in [0, 0.05) is 0 Å². The molecule has 5 aromatic rings. The maximum Gasteiger partial charge on any atom is 0.326 e. The molecule has 27 heavy (non-hydrogen) atoms. The van der Waals surface area contributed by atoms with Crippen LogP contribution in [0.15, 0.2) is 95.8 Å². The molecule has 0 spiro atoms. The Morgan fingerprint density at radius 1 is 0.704 bits per heavy atom. The zero-order valence-corrected chi connectivity index (χ0v) is 14.7. The van der Waals surface area contributed by atoms with Gasteiger partial charge >= 0.3 is 5.69 Å². The molecule has 3 heteroatoms. The lowest BCUT2D eigenvalue weighted by Gasteiger charge is -2.07. The van der Waals surface area contributed by atoms with Crippen LogP contribution in [0.3, 0.4) is 0 Å². The van der Waals surface area contributed by atoms with Crippen LogP contribution in [0.4, 0.5) is 0 Å². The third kappa shape index (κ3) is 2.83. The summed E-state index contributed by atoms with van der Waals surface area (Å²) in [6.07, 6.45) is 0. The maximum absolute atomic E-state index is 12.6. The Morgan fingerprint density at radius 2 is 1.48 bits per heavy atom. The molecule has 1 heterocycles. The summed E-state index contributed by atoms with van der Waals surface area (Å²) in [5.41, 5.74) is 5.06. The zero-order chi connectivity index (χ0) is 18.2. The van der Waals surface area contributed by atoms with Crippen molar-refractivity contribution in [1.82, 2.24) is 9.55 Å². The summed E-state index contributed by atoms with van der Waals surface area (Å²) in [5, 5.41) is 2.40. The van der Waals surface area contributed by atoms with Crippen molar-refractivity contribution in [2.45, 2.75) is 6.54 Å². The van der Waals surface area contributed by atoms with Crippen molar-refractivity contribution in [3.63, 3.8) is 0 Å². The Balaban J connectivity index is 1.56. The predicted octanol–water partition coefficient (Wildman–Crippen LogP) is 5.20. The monoisotopic (exact) mass is 350 g/mol. The minimum absolute atomic E-state index is 0.0802. The van der Waals surface area contributed by atoms with Gasteiger partial charge < -0.3 is 4.98 Å². The summed E-state index contributed by atoms with van der Waals surface area (Å²) in [6.45, 7) is 0.550. The number of imidazole rings is 1. The van der Waals surface area contributed by atoms with Crippen molar-refractivity contribution in [2.75, 3.05) is 0 Å². The van der Waals surface area contributed by atoms with Crippen LogP contribution in [-0.2, 0) is 6.54 Å². The molecule has 0 aliphatic carbocycles. The van der Waals surface area contributed by atoms with E-state index in [0.29, 0.717) is 6.54 Å². The number of benzene rings is 4. The van der Waals surface area contributed by atoms with Gasteiger partial charge in [0.15, 0.2) is 0 Å². The summed E-state index contributed by atoms with van der Waals surface area (Å²) >= 11 is 0. The molecule has 130 valence electrons. The highest BCUT2D eigenvalue weighted by molar-refractivity contribution is 5.84. The summed E-state index contributed by atoms with van der Waals surface area (Å²) in [5.74, 6) is 0. The fraction of sp³-hybridized carbons (Fsp3) is 0.0417. The minimum atomic E-state index is -0.0802. The molecular formula is C24H18N2O. The Hall–Kier alpha value is -3.59. The van der Waals surface area contributed by atoms with E-state index in [0.717, 1.165) is 27.7 Å². The third-order valence-corrected chi connectivity index (χ3v) is 5.04. The van der Waals surface area contributed by atoms with Crippen molar-refractivity contribution in [3.05, 3.63) is 107 Å². The van der Waals surface area contributed by atoms with Crippen molar-refractivity contribution in [3.8, 4) is 11.1 Å². The van der Waals surface area contributed by atoms with Gasteiger partial charge in [-0.1, -0.05) is 72.8 Å². The van der Waals surface area contributed by atoms with E-state index in [1.165, 1.54) is 10.8 Å². The fourth-order valence-electron chi connectivity index (χ4n) is 3.65. The highest BCUT2D eigenvalue weighted by Crippen LogP contribution is 2.23. The largest absolute Gasteiger partial charge is 0.326 e. The number of nitrogens with one attached hydrogen (secondary N) is 1. The molecule has 0 saturated carbocycles. The second kappa shape index (κ2) is 6.29. The van der Waals surface area contributed by atoms with E-state index < -0.39 is 0 Å². The molecule has 0 amide bonds. The summed E-state index contributed by atoms with van der Waals surface area (Å²) < 4.78 is 1.80. The molecule has 1 aromatic heterocycles. The molecule has 0 bridgehead atoms. The molecule has 0 fully saturated rings. The quantitative estimate of drug-likeness (QED) is 0.477. The number of hydrogen-bond donors (Lipinski definition) is 1. The molecule has 0 aliphatic heterocycles. The van der Waals surface area contributed by atoms with E-state index in [9.17, 15) is 4.79 Å². The van der Waals surface area contributed by atoms with Crippen molar-refractivity contribution >= 4 is 21.8 Å². The van der Waals surface area contributed by atoms with Crippen LogP contribution >= 0.6 is 0 Å². The van der Waals surface area contributed by atoms with Crippen LogP contribution in [0.25, 0.3) is 32.9 Å². The molecular weight excluding hydrogens is 332 g/mol. The first-order valence-electron chi connectivity index (χ1n) is 9.04. The van der Waals surface area contributed by atoms with E-state index >= 15 is 0 Å². The number of fused-ring (bicyclic) bond motifs is 2. The predicted molar refractivity (Wildman–Crippen MR) is 111 cm³/mol. The SMILES string of the molecule is O=c1[nH]c2cc(-c3ccccc3)ccc2n1Cc1ccc2ccccc2c1. The average molecular weight is 350 g/mol. The van der Waals surface area contributed by atoms with Crippen LogP contribution in [0.1, 0.15) is 5.56 Å². The number of H-pyrrole nitrogens is 1. The van der Waals surface area contributed by atoms with Crippen LogP contribution in [0, 0.1) is 0 Å². The average Bonchev–Trinajstić information content (AvgIpc) is 3.03. The molecule has 0 atom stereocenters. The number of aromatic amines is 1. The Bertz CT molecular complexity index is 1310. The van der Waals surface area contributed by atoms with Gasteiger partial charge in [-0.25, -0.2) is 4.79 Å². The second-order valence-corrected chi connectivity index (χ2v) is 6.80. The van der Waals surface area contributed by atoms with Crippen molar-refractivity contribution < 1.29 is 0 Å². The molecule has 5 rings (SSSR count). The molecule has 4 aromatic carbocycles. The van der Waals surface area contributed by atoms with E-state index in [1.54, 1.807) is 4.57 Å². The van der Waals surface area contributed by atoms with Crippen molar-refractivity contribution in [2.24, 2.45) is 0 Å². The van der Waals surface area contributed by atoms with Crippen molar-refractivity contribution in [1.29, 1.82) is 0 Å². The first-order chi connectivity index (χ1) is 13.3. The molecule has 1 N–H and O–H groups in total. The lowest BCUT2D eigenvalue weighted by Crippen LogP contribution is -2.17. The smallest absolute Gasteiger partial charge is 0.306 e. The maximum atomic E-state index is 12.6. The van der Waals surface area contributed by atoms with Crippen LogP contribution in [0.5, 0.6) is 0 Å². The number of hydrogen-bond acceptors (Lipinski definition) is 1. The molecule has 0 saturated heterocycles. The van der Waals surface area contributed by atoms with Gasteiger partial charge in [-0.3, -0.25) is 4.57 Å². The molecule has 0 radical (unpaired) electrons. The van der Waals surface area contributed by atoms with Gasteiger partial charge in [-0.15, -0.1) is 0 Å². The topological polar surface area (TPSA) is 37.8 Å². The number of aromatic nitrogens is 2. The second-order valence-electron chi connectivity index (χ2n) is 6.80. The minimum Gasteiger partial charge on any atom is -0.306 e. The first kappa shape index (κ1) is 15.6. The van der Waals surface area contributed by atoms with Gasteiger partial charge in [0.05, 0.1) is 17.6 Å². The van der Waals surface area contributed by atoms with E-state index in [1.807, 2.05) is 42.5 Å². The third-order valence-electron chi connectivity index (χ3n) is 5.04. The van der Waals surface area contributed by atoms with Gasteiger partial charge in [0.2, 0.25) is 0 Å². The van der Waals surface area contributed by atoms with E-state index in [2.05, 4.69) is 53.5 Å². The molecule has 0 unspecified atom stereocenters. The summed E-state index contributed by atoms with van der Waals surface area (Å²) in [7, 11) is 0. The normalized spacial score (nSPS) is 11.3. The summed E-state index contributed by atoms with van der Waals surface area (Å²) in [6, 6.07) is 31.0. The van der Waals surface area contributed by atoms with E-state index in [4.69, 9.17) is 0 Å². The highest BCUT2D eigenvalue weighted by atomic mass is 16.1. The lowest BCUT2D eigenvalue weighted by molar-refractivity contribution is 0.788. The number of nitrogens with zero attached hydrogens (tertiary/aromatic N) is 1. The Labute approximate surface area is 156 Å². The summed E-state index contributed by atoms with van der Waals surface area (Å²) in [4.78, 5) is 15.6. The van der Waals surface area contributed by atoms with Gasteiger partial charge in [-0.2, -0.15) is 0 Å². The van der Waals surface area contributed by atoms with Crippen LogP contribution in [-0.4, -0.2) is 9.55 Å². The Kier molecular flexibility index (Phi) is 3.65. The lowest BCUT2D eigenvalue weighted by atomic mass is 10.1. The highest BCUT2D eigenvalue weighted by Gasteiger charge is 2.09. The van der Waals surface area contributed by atoms with Gasteiger partial charge in [-0.05, 0) is 45.7 Å². The Morgan fingerprint density at radius 3 is 2.33 bits per heavy atom. The molecule has 3 nitrogen and oxygen atoms in total.